The van der Waals surface area contributed by atoms with E-state index in [1.165, 1.54) is 103 Å². The molecule has 0 saturated heterocycles. The van der Waals surface area contributed by atoms with E-state index in [-0.39, 0.29) is 5.97 Å². The third kappa shape index (κ3) is 25.2. The average Bonchev–Trinajstić information content (AvgIpc) is 2.72. The van der Waals surface area contributed by atoms with Crippen molar-refractivity contribution in [3.05, 3.63) is 12.2 Å². The molecular weight excluding hydrogens is 368 g/mol. The Kier molecular flexibility index (Phi) is 23.8. The Balaban J connectivity index is 3.19. The number of rotatable bonds is 23. The van der Waals surface area contributed by atoms with Gasteiger partial charge in [-0.05, 0) is 38.0 Å². The summed E-state index contributed by atoms with van der Waals surface area (Å²) >= 11 is 0. The molecule has 0 amide bonds. The Morgan fingerprint density at radius 2 is 1.17 bits per heavy atom. The molecule has 0 spiro atoms. The molecule has 0 saturated carbocycles. The normalized spacial score (nSPS) is 11.6. The van der Waals surface area contributed by atoms with Crippen molar-refractivity contribution in [3.8, 4) is 0 Å². The molecule has 2 nitrogen and oxygen atoms in total. The Morgan fingerprint density at radius 1 is 0.667 bits per heavy atom. The maximum atomic E-state index is 11.8. The minimum absolute atomic E-state index is 0.00950. The Labute approximate surface area is 189 Å². The first-order valence-corrected chi connectivity index (χ1v) is 13.5. The van der Waals surface area contributed by atoms with Crippen LogP contribution in [0.25, 0.3) is 0 Å². The van der Waals surface area contributed by atoms with Crippen LogP contribution in [0, 0.1) is 5.92 Å². The van der Waals surface area contributed by atoms with Crippen LogP contribution in [0.15, 0.2) is 12.2 Å². The largest absolute Gasteiger partial charge is 0.466 e. The van der Waals surface area contributed by atoms with Gasteiger partial charge in [-0.25, -0.2) is 0 Å². The Morgan fingerprint density at radius 3 is 1.77 bits per heavy atom. The zero-order valence-corrected chi connectivity index (χ0v) is 20.9. The third-order valence-electron chi connectivity index (χ3n) is 5.83. The molecule has 0 fully saturated rings. The summed E-state index contributed by atoms with van der Waals surface area (Å²) in [6, 6.07) is 0. The molecule has 0 heterocycles. The highest BCUT2D eigenvalue weighted by molar-refractivity contribution is 5.69. The number of hydrogen-bond donors (Lipinski definition) is 0. The van der Waals surface area contributed by atoms with Crippen molar-refractivity contribution in [1.29, 1.82) is 0 Å². The molecule has 2 heteroatoms. The number of hydrogen-bond acceptors (Lipinski definition) is 2. The SMILES string of the molecule is CCCC/C=C\CCCCCCCC(=O)OCCCCCCCCCCCC(C)C. The van der Waals surface area contributed by atoms with Gasteiger partial charge in [-0.15, -0.1) is 0 Å². The van der Waals surface area contributed by atoms with Crippen LogP contribution in [0.4, 0.5) is 0 Å². The monoisotopic (exact) mass is 422 g/mol. The van der Waals surface area contributed by atoms with Crippen molar-refractivity contribution in [2.75, 3.05) is 6.61 Å². The van der Waals surface area contributed by atoms with Crippen molar-refractivity contribution in [1.82, 2.24) is 0 Å². The molecule has 0 bridgehead atoms. The molecule has 0 aromatic carbocycles. The van der Waals surface area contributed by atoms with Crippen molar-refractivity contribution in [2.45, 2.75) is 149 Å². The molecule has 30 heavy (non-hydrogen) atoms. The van der Waals surface area contributed by atoms with Gasteiger partial charge in [0.2, 0.25) is 0 Å². The smallest absolute Gasteiger partial charge is 0.305 e. The molecule has 0 atom stereocenters. The molecule has 0 unspecified atom stereocenters. The topological polar surface area (TPSA) is 26.3 Å². The Hall–Kier alpha value is -0.790. The molecule has 0 aromatic rings. The van der Waals surface area contributed by atoms with Crippen LogP contribution in [0.2, 0.25) is 0 Å². The van der Waals surface area contributed by atoms with E-state index in [9.17, 15) is 4.79 Å². The zero-order valence-electron chi connectivity index (χ0n) is 20.9. The number of unbranched alkanes of at least 4 members (excludes halogenated alkanes) is 15. The first-order valence-electron chi connectivity index (χ1n) is 13.5. The molecule has 0 aliphatic carbocycles. The van der Waals surface area contributed by atoms with Gasteiger partial charge in [0.05, 0.1) is 6.61 Å². The molecule has 0 aliphatic rings. The lowest BCUT2D eigenvalue weighted by Crippen LogP contribution is -2.05. The van der Waals surface area contributed by atoms with Crippen LogP contribution in [0.3, 0.4) is 0 Å². The minimum atomic E-state index is 0.00950. The molecular formula is C28H54O2. The Bertz CT molecular complexity index is 373. The molecule has 0 rings (SSSR count). The summed E-state index contributed by atoms with van der Waals surface area (Å²) in [5, 5.41) is 0. The van der Waals surface area contributed by atoms with E-state index in [1.54, 1.807) is 0 Å². The predicted molar refractivity (Wildman–Crippen MR) is 133 cm³/mol. The maximum absolute atomic E-state index is 11.8. The van der Waals surface area contributed by atoms with E-state index in [4.69, 9.17) is 4.74 Å². The second-order valence-electron chi connectivity index (χ2n) is 9.51. The lowest BCUT2D eigenvalue weighted by molar-refractivity contribution is -0.143. The van der Waals surface area contributed by atoms with Gasteiger partial charge in [-0.2, -0.15) is 0 Å². The predicted octanol–water partition coefficient (Wildman–Crippen LogP) is 9.56. The van der Waals surface area contributed by atoms with Gasteiger partial charge in [0, 0.05) is 6.42 Å². The number of ether oxygens (including phenoxy) is 1. The van der Waals surface area contributed by atoms with Gasteiger partial charge >= 0.3 is 5.97 Å². The van der Waals surface area contributed by atoms with Crippen molar-refractivity contribution in [2.24, 2.45) is 5.92 Å². The van der Waals surface area contributed by atoms with Crippen molar-refractivity contribution < 1.29 is 9.53 Å². The van der Waals surface area contributed by atoms with Gasteiger partial charge in [0.15, 0.2) is 0 Å². The van der Waals surface area contributed by atoms with Gasteiger partial charge in [0.25, 0.3) is 0 Å². The van der Waals surface area contributed by atoms with Crippen LogP contribution in [0.1, 0.15) is 149 Å². The van der Waals surface area contributed by atoms with Gasteiger partial charge in [-0.3, -0.25) is 4.79 Å². The third-order valence-corrected chi connectivity index (χ3v) is 5.83. The molecule has 0 aromatic heterocycles. The van der Waals surface area contributed by atoms with E-state index in [2.05, 4.69) is 32.9 Å². The van der Waals surface area contributed by atoms with E-state index < -0.39 is 0 Å². The highest BCUT2D eigenvalue weighted by Crippen LogP contribution is 2.13. The first-order chi connectivity index (χ1) is 14.7. The van der Waals surface area contributed by atoms with Gasteiger partial charge < -0.3 is 4.74 Å². The lowest BCUT2D eigenvalue weighted by Gasteiger charge is -2.06. The van der Waals surface area contributed by atoms with Crippen LogP contribution in [-0.2, 0) is 9.53 Å². The number of allylic oxidation sites excluding steroid dienone is 2. The molecule has 0 aliphatic heterocycles. The van der Waals surface area contributed by atoms with E-state index in [0.717, 1.165) is 25.2 Å². The summed E-state index contributed by atoms with van der Waals surface area (Å²) < 4.78 is 5.38. The van der Waals surface area contributed by atoms with E-state index >= 15 is 0 Å². The van der Waals surface area contributed by atoms with E-state index in [0.29, 0.717) is 13.0 Å². The highest BCUT2D eigenvalue weighted by Gasteiger charge is 2.02. The van der Waals surface area contributed by atoms with Crippen molar-refractivity contribution in [3.63, 3.8) is 0 Å². The lowest BCUT2D eigenvalue weighted by atomic mass is 10.0. The van der Waals surface area contributed by atoms with Gasteiger partial charge in [0.1, 0.15) is 0 Å². The molecule has 178 valence electrons. The average molecular weight is 423 g/mol. The second kappa shape index (κ2) is 24.5. The fourth-order valence-electron chi connectivity index (χ4n) is 3.77. The summed E-state index contributed by atoms with van der Waals surface area (Å²) in [6.45, 7) is 7.49. The van der Waals surface area contributed by atoms with Gasteiger partial charge in [-0.1, -0.05) is 123 Å². The maximum Gasteiger partial charge on any atom is 0.305 e. The standard InChI is InChI=1S/C28H54O2/c1-4-5-6-7-8-9-10-13-16-19-22-25-28(29)30-26-23-20-17-14-11-12-15-18-21-24-27(2)3/h7-8,27H,4-6,9-26H2,1-3H3/b8-7-. The summed E-state index contributed by atoms with van der Waals surface area (Å²) in [7, 11) is 0. The number of carbonyl (C=O) groups excluding carboxylic acids is 1. The van der Waals surface area contributed by atoms with Crippen LogP contribution in [-0.4, -0.2) is 12.6 Å². The van der Waals surface area contributed by atoms with E-state index in [1.807, 2.05) is 0 Å². The van der Waals surface area contributed by atoms with Crippen LogP contribution in [0.5, 0.6) is 0 Å². The van der Waals surface area contributed by atoms with Crippen LogP contribution < -0.4 is 0 Å². The first kappa shape index (κ1) is 29.2. The molecule has 0 N–H and O–H groups in total. The highest BCUT2D eigenvalue weighted by atomic mass is 16.5. The summed E-state index contributed by atoms with van der Waals surface area (Å²) in [6.07, 6.45) is 29.5. The van der Waals surface area contributed by atoms with Crippen molar-refractivity contribution >= 4 is 5.97 Å². The number of carbonyl (C=O) groups is 1. The number of esters is 1. The van der Waals surface area contributed by atoms with Crippen LogP contribution >= 0.6 is 0 Å². The summed E-state index contributed by atoms with van der Waals surface area (Å²) in [5.41, 5.74) is 0. The zero-order chi connectivity index (χ0) is 22.1. The molecule has 0 radical (unpaired) electrons. The summed E-state index contributed by atoms with van der Waals surface area (Å²) in [5.74, 6) is 0.868. The fraction of sp³-hybridized carbons (Fsp3) is 0.893. The minimum Gasteiger partial charge on any atom is -0.466 e. The second-order valence-corrected chi connectivity index (χ2v) is 9.51. The quantitative estimate of drug-likeness (QED) is 0.0930. The summed E-state index contributed by atoms with van der Waals surface area (Å²) in [4.78, 5) is 11.8. The fourth-order valence-corrected chi connectivity index (χ4v) is 3.77.